The zero-order chi connectivity index (χ0) is 16.3. The summed E-state index contributed by atoms with van der Waals surface area (Å²) >= 11 is 0. The molecule has 2 rings (SSSR count). The average molecular weight is 314 g/mol. The first kappa shape index (κ1) is 16.8. The van der Waals surface area contributed by atoms with Gasteiger partial charge in [0.1, 0.15) is 0 Å². The van der Waals surface area contributed by atoms with Crippen LogP contribution in [0.5, 0.6) is 0 Å². The van der Waals surface area contributed by atoms with Crippen molar-refractivity contribution in [2.75, 3.05) is 7.05 Å². The van der Waals surface area contributed by atoms with E-state index < -0.39 is 11.7 Å². The van der Waals surface area contributed by atoms with E-state index in [2.05, 4.69) is 0 Å². The Morgan fingerprint density at radius 1 is 1.32 bits per heavy atom. The lowest BCUT2D eigenvalue weighted by molar-refractivity contribution is -0.140. The molecule has 1 saturated carbocycles. The lowest BCUT2D eigenvalue weighted by Gasteiger charge is -2.30. The zero-order valence-corrected chi connectivity index (χ0v) is 12.6. The summed E-state index contributed by atoms with van der Waals surface area (Å²) in [4.78, 5) is 13.8. The van der Waals surface area contributed by atoms with Crippen molar-refractivity contribution >= 4 is 5.91 Å². The highest BCUT2D eigenvalue weighted by molar-refractivity contribution is 5.78. The molecule has 0 saturated heterocycles. The molecule has 1 aliphatic rings. The van der Waals surface area contributed by atoms with Gasteiger partial charge in [-0.15, -0.1) is 0 Å². The fourth-order valence-corrected chi connectivity index (χ4v) is 3.03. The maximum absolute atomic E-state index is 13.0. The monoisotopic (exact) mass is 314 g/mol. The van der Waals surface area contributed by atoms with Crippen LogP contribution in [0.4, 0.5) is 13.2 Å². The summed E-state index contributed by atoms with van der Waals surface area (Å²) in [6.07, 6.45) is -1.23. The number of alkyl halides is 3. The minimum absolute atomic E-state index is 0.0126. The molecule has 3 nitrogen and oxygen atoms in total. The quantitative estimate of drug-likeness (QED) is 0.931. The lowest BCUT2D eigenvalue weighted by atomic mass is 9.85. The maximum atomic E-state index is 13.0. The van der Waals surface area contributed by atoms with Crippen LogP contribution < -0.4 is 5.73 Å². The average Bonchev–Trinajstić information content (AvgIpc) is 2.46. The van der Waals surface area contributed by atoms with Crippen molar-refractivity contribution in [3.05, 3.63) is 35.4 Å². The number of nitrogens with zero attached hydrogens (tertiary/aromatic N) is 1. The van der Waals surface area contributed by atoms with Crippen LogP contribution in [0.2, 0.25) is 0 Å². The molecule has 6 heteroatoms. The van der Waals surface area contributed by atoms with Gasteiger partial charge in [-0.05, 0) is 30.9 Å². The van der Waals surface area contributed by atoms with Gasteiger partial charge in [-0.1, -0.05) is 24.6 Å². The molecular formula is C16H21F3N2O. The second-order valence-corrected chi connectivity index (χ2v) is 5.97. The van der Waals surface area contributed by atoms with Crippen molar-refractivity contribution in [2.24, 2.45) is 11.7 Å². The van der Waals surface area contributed by atoms with Gasteiger partial charge in [0.15, 0.2) is 0 Å². The van der Waals surface area contributed by atoms with E-state index in [1.54, 1.807) is 13.1 Å². The van der Waals surface area contributed by atoms with Crippen LogP contribution in [-0.4, -0.2) is 23.9 Å². The number of hydrogen-bond donors (Lipinski definition) is 1. The Morgan fingerprint density at radius 3 is 2.64 bits per heavy atom. The molecule has 1 amide bonds. The van der Waals surface area contributed by atoms with Gasteiger partial charge in [0.05, 0.1) is 5.56 Å². The third-order valence-corrected chi connectivity index (χ3v) is 4.17. The summed E-state index contributed by atoms with van der Waals surface area (Å²) in [6, 6.07) is 5.38. The summed E-state index contributed by atoms with van der Waals surface area (Å²) in [5.41, 5.74) is 5.31. The van der Waals surface area contributed by atoms with Gasteiger partial charge in [0, 0.05) is 25.6 Å². The van der Waals surface area contributed by atoms with E-state index in [1.165, 1.54) is 17.0 Å². The van der Waals surface area contributed by atoms with Crippen LogP contribution in [0, 0.1) is 5.92 Å². The van der Waals surface area contributed by atoms with Crippen LogP contribution in [0.25, 0.3) is 0 Å². The Labute approximate surface area is 128 Å². The molecule has 2 N–H and O–H groups in total. The largest absolute Gasteiger partial charge is 0.416 e. The Morgan fingerprint density at radius 2 is 2.00 bits per heavy atom. The van der Waals surface area contributed by atoms with Gasteiger partial charge >= 0.3 is 6.18 Å². The van der Waals surface area contributed by atoms with Gasteiger partial charge in [0.25, 0.3) is 0 Å². The fraction of sp³-hybridized carbons (Fsp3) is 0.562. The molecule has 0 radical (unpaired) electrons. The summed E-state index contributed by atoms with van der Waals surface area (Å²) in [6.45, 7) is -0.0414. The SMILES string of the molecule is CN(Cc1ccccc1C(F)(F)F)C(=O)[C@H]1CCC[C@@H](N)C1. The van der Waals surface area contributed by atoms with Crippen molar-refractivity contribution < 1.29 is 18.0 Å². The van der Waals surface area contributed by atoms with E-state index in [0.29, 0.717) is 6.42 Å². The third-order valence-electron chi connectivity index (χ3n) is 4.17. The summed E-state index contributed by atoms with van der Waals surface area (Å²) in [7, 11) is 1.55. The van der Waals surface area contributed by atoms with Gasteiger partial charge in [-0.2, -0.15) is 13.2 Å². The van der Waals surface area contributed by atoms with Crippen molar-refractivity contribution in [1.82, 2.24) is 4.90 Å². The Balaban J connectivity index is 2.09. The molecule has 0 aliphatic heterocycles. The minimum Gasteiger partial charge on any atom is -0.341 e. The Hall–Kier alpha value is -1.56. The number of nitrogens with two attached hydrogens (primary N) is 1. The van der Waals surface area contributed by atoms with Crippen LogP contribution in [0.15, 0.2) is 24.3 Å². The van der Waals surface area contributed by atoms with Crippen molar-refractivity contribution in [3.63, 3.8) is 0 Å². The normalized spacial score (nSPS) is 22.4. The lowest BCUT2D eigenvalue weighted by Crippen LogP contribution is -2.38. The molecule has 0 spiro atoms. The topological polar surface area (TPSA) is 46.3 Å². The molecule has 0 heterocycles. The highest BCUT2D eigenvalue weighted by Crippen LogP contribution is 2.32. The van der Waals surface area contributed by atoms with E-state index in [9.17, 15) is 18.0 Å². The summed E-state index contributed by atoms with van der Waals surface area (Å²) in [5, 5.41) is 0. The summed E-state index contributed by atoms with van der Waals surface area (Å²) in [5.74, 6) is -0.293. The zero-order valence-electron chi connectivity index (χ0n) is 12.6. The smallest absolute Gasteiger partial charge is 0.341 e. The van der Waals surface area contributed by atoms with E-state index in [1.807, 2.05) is 0 Å². The molecule has 0 aromatic heterocycles. The third kappa shape index (κ3) is 4.00. The molecule has 0 bridgehead atoms. The molecule has 22 heavy (non-hydrogen) atoms. The van der Waals surface area contributed by atoms with Gasteiger partial charge in [-0.3, -0.25) is 4.79 Å². The van der Waals surface area contributed by atoms with Crippen LogP contribution >= 0.6 is 0 Å². The first-order chi connectivity index (χ1) is 10.3. The first-order valence-electron chi connectivity index (χ1n) is 7.44. The van der Waals surface area contributed by atoms with Crippen molar-refractivity contribution in [3.8, 4) is 0 Å². The number of rotatable bonds is 3. The molecule has 122 valence electrons. The molecule has 1 fully saturated rings. The van der Waals surface area contributed by atoms with Crippen LogP contribution in [-0.2, 0) is 17.5 Å². The molecule has 1 aromatic carbocycles. The number of halogens is 3. The number of amides is 1. The molecule has 1 aromatic rings. The Kier molecular flexibility index (Phi) is 5.11. The number of benzene rings is 1. The van der Waals surface area contributed by atoms with Crippen molar-refractivity contribution in [1.29, 1.82) is 0 Å². The fourth-order valence-electron chi connectivity index (χ4n) is 3.03. The maximum Gasteiger partial charge on any atom is 0.416 e. The molecule has 0 unspecified atom stereocenters. The van der Waals surface area contributed by atoms with Gasteiger partial charge < -0.3 is 10.6 Å². The van der Waals surface area contributed by atoms with E-state index in [0.717, 1.165) is 25.3 Å². The second-order valence-electron chi connectivity index (χ2n) is 5.97. The molecule has 1 aliphatic carbocycles. The standard InChI is InChI=1S/C16H21F3N2O/c1-21(15(22)11-6-4-7-13(20)9-11)10-12-5-2-3-8-14(12)16(17,18)19/h2-3,5,8,11,13H,4,6-7,9-10,20H2,1H3/t11-,13+/m0/s1. The molecular weight excluding hydrogens is 293 g/mol. The van der Waals surface area contributed by atoms with Gasteiger partial charge in [0.2, 0.25) is 5.91 Å². The van der Waals surface area contributed by atoms with E-state index in [-0.39, 0.29) is 30.0 Å². The molecule has 2 atom stereocenters. The predicted octanol–water partition coefficient (Wildman–Crippen LogP) is 3.18. The van der Waals surface area contributed by atoms with Gasteiger partial charge in [-0.25, -0.2) is 0 Å². The van der Waals surface area contributed by atoms with Crippen LogP contribution in [0.1, 0.15) is 36.8 Å². The number of carbonyl (C=O) groups excluding carboxylic acids is 1. The highest BCUT2D eigenvalue weighted by Gasteiger charge is 2.34. The number of hydrogen-bond acceptors (Lipinski definition) is 2. The van der Waals surface area contributed by atoms with E-state index in [4.69, 9.17) is 5.73 Å². The van der Waals surface area contributed by atoms with Crippen molar-refractivity contribution in [2.45, 2.75) is 44.4 Å². The Bertz CT molecular complexity index is 530. The van der Waals surface area contributed by atoms with Crippen LogP contribution in [0.3, 0.4) is 0 Å². The number of carbonyl (C=O) groups is 1. The first-order valence-corrected chi connectivity index (χ1v) is 7.44. The summed E-state index contributed by atoms with van der Waals surface area (Å²) < 4.78 is 39.0. The highest BCUT2D eigenvalue weighted by atomic mass is 19.4. The minimum atomic E-state index is -4.41. The second kappa shape index (κ2) is 6.69. The predicted molar refractivity (Wildman–Crippen MR) is 77.9 cm³/mol. The van der Waals surface area contributed by atoms with E-state index >= 15 is 0 Å².